The third kappa shape index (κ3) is 1.46. The molecule has 0 aliphatic heterocycles. The minimum absolute atomic E-state index is 0.0235. The first-order chi connectivity index (χ1) is 6.24. The van der Waals surface area contributed by atoms with E-state index >= 15 is 0 Å². The average molecular weight is 231 g/mol. The molecule has 1 nitrogen and oxygen atoms in total. The highest BCUT2D eigenvalue weighted by Crippen LogP contribution is 2.35. The lowest BCUT2D eigenvalue weighted by molar-refractivity contribution is 0.279. The van der Waals surface area contributed by atoms with Crippen molar-refractivity contribution >= 4 is 45.7 Å². The van der Waals surface area contributed by atoms with Gasteiger partial charge in [-0.2, -0.15) is 0 Å². The molecule has 0 atom stereocenters. The van der Waals surface area contributed by atoms with Gasteiger partial charge in [-0.25, -0.2) is 0 Å². The molecule has 68 valence electrons. The fourth-order valence-corrected chi connectivity index (χ4v) is 2.74. The van der Waals surface area contributed by atoms with E-state index in [9.17, 15) is 0 Å². The molecule has 0 saturated carbocycles. The Hall–Kier alpha value is -0.220. The first-order valence-electron chi connectivity index (χ1n) is 3.72. The Kier molecular flexibility index (Phi) is 2.51. The van der Waals surface area contributed by atoms with E-state index in [1.165, 1.54) is 0 Å². The van der Waals surface area contributed by atoms with E-state index in [-0.39, 0.29) is 6.61 Å². The Morgan fingerprint density at radius 3 is 3.00 bits per heavy atom. The highest BCUT2D eigenvalue weighted by Gasteiger charge is 2.08. The molecule has 0 aliphatic carbocycles. The molecule has 0 unspecified atom stereocenters. The number of fused-ring (bicyclic) bond motifs is 1. The van der Waals surface area contributed by atoms with Crippen LogP contribution in [0, 0.1) is 0 Å². The van der Waals surface area contributed by atoms with Crippen molar-refractivity contribution in [3.8, 4) is 0 Å². The van der Waals surface area contributed by atoms with Crippen molar-refractivity contribution in [3.63, 3.8) is 0 Å². The van der Waals surface area contributed by atoms with Crippen molar-refractivity contribution in [1.82, 2.24) is 0 Å². The summed E-state index contributed by atoms with van der Waals surface area (Å²) >= 11 is 11.9. The van der Waals surface area contributed by atoms with Crippen LogP contribution in [-0.4, -0.2) is 5.11 Å². The van der Waals surface area contributed by atoms with Crippen LogP contribution in [0.15, 0.2) is 22.4 Å². The van der Waals surface area contributed by atoms with Crippen LogP contribution < -0.4 is 0 Å². The standard InChI is InChI=1S/C9H7ClOS2/c10-7-8(12)6(4-11)3-5-1-2-13-9(5)7/h1-3,11-12H,4H2. The van der Waals surface area contributed by atoms with Crippen LogP contribution in [-0.2, 0) is 6.61 Å². The van der Waals surface area contributed by atoms with Gasteiger partial charge in [0.2, 0.25) is 0 Å². The zero-order valence-corrected chi connectivity index (χ0v) is 9.09. The lowest BCUT2D eigenvalue weighted by atomic mass is 10.2. The molecule has 0 amide bonds. The summed E-state index contributed by atoms with van der Waals surface area (Å²) in [6, 6.07) is 3.90. The molecule has 1 aromatic carbocycles. The second-order valence-electron chi connectivity index (χ2n) is 2.70. The first-order valence-corrected chi connectivity index (χ1v) is 5.43. The lowest BCUT2D eigenvalue weighted by Crippen LogP contribution is -1.86. The predicted octanol–water partition coefficient (Wildman–Crippen LogP) is 3.34. The summed E-state index contributed by atoms with van der Waals surface area (Å²) in [6.07, 6.45) is 0. The summed E-state index contributed by atoms with van der Waals surface area (Å²) in [5.41, 5.74) is 0.777. The molecule has 2 rings (SSSR count). The summed E-state index contributed by atoms with van der Waals surface area (Å²) < 4.78 is 1.03. The van der Waals surface area contributed by atoms with Crippen molar-refractivity contribution < 1.29 is 5.11 Å². The SMILES string of the molecule is OCc1cc2ccsc2c(Cl)c1S. The molecule has 1 heterocycles. The Balaban J connectivity index is 2.83. The second-order valence-corrected chi connectivity index (χ2v) is 4.44. The van der Waals surface area contributed by atoms with E-state index in [2.05, 4.69) is 12.6 Å². The Bertz CT molecular complexity index is 450. The van der Waals surface area contributed by atoms with Gasteiger partial charge in [-0.3, -0.25) is 0 Å². The summed E-state index contributed by atoms with van der Waals surface area (Å²) in [7, 11) is 0. The predicted molar refractivity (Wildman–Crippen MR) is 60.0 cm³/mol. The number of aliphatic hydroxyl groups is 1. The van der Waals surface area contributed by atoms with E-state index in [1.807, 2.05) is 17.5 Å². The zero-order valence-electron chi connectivity index (χ0n) is 6.62. The molecular formula is C9H7ClOS2. The summed E-state index contributed by atoms with van der Waals surface area (Å²) in [5, 5.41) is 12.7. The van der Waals surface area contributed by atoms with Crippen LogP contribution in [0.4, 0.5) is 0 Å². The van der Waals surface area contributed by atoms with Gasteiger partial charge in [0.05, 0.1) is 16.3 Å². The van der Waals surface area contributed by atoms with Gasteiger partial charge in [0, 0.05) is 4.90 Å². The van der Waals surface area contributed by atoms with E-state index in [1.54, 1.807) is 11.3 Å². The van der Waals surface area contributed by atoms with E-state index in [4.69, 9.17) is 16.7 Å². The zero-order chi connectivity index (χ0) is 9.42. The van der Waals surface area contributed by atoms with Gasteiger partial charge in [-0.15, -0.1) is 24.0 Å². The van der Waals surface area contributed by atoms with Crippen LogP contribution >= 0.6 is 35.6 Å². The van der Waals surface area contributed by atoms with Crippen LogP contribution in [0.2, 0.25) is 5.02 Å². The molecular weight excluding hydrogens is 224 g/mol. The normalized spacial score (nSPS) is 11.0. The number of hydrogen-bond acceptors (Lipinski definition) is 3. The quantitative estimate of drug-likeness (QED) is 0.720. The molecule has 1 N–H and O–H groups in total. The number of thiophene rings is 1. The molecule has 1 aromatic heterocycles. The molecule has 0 spiro atoms. The molecule has 0 radical (unpaired) electrons. The minimum Gasteiger partial charge on any atom is -0.392 e. The van der Waals surface area contributed by atoms with Crippen LogP contribution in [0.3, 0.4) is 0 Å². The Morgan fingerprint density at radius 2 is 2.31 bits per heavy atom. The summed E-state index contributed by atoms with van der Waals surface area (Å²) in [6.45, 7) is -0.0235. The number of hydrogen-bond donors (Lipinski definition) is 2. The maximum atomic E-state index is 9.04. The van der Waals surface area contributed by atoms with E-state index < -0.39 is 0 Å². The fourth-order valence-electron chi connectivity index (χ4n) is 1.24. The van der Waals surface area contributed by atoms with Gasteiger partial charge in [0.15, 0.2) is 0 Å². The van der Waals surface area contributed by atoms with Gasteiger partial charge in [0.25, 0.3) is 0 Å². The van der Waals surface area contributed by atoms with Crippen molar-refractivity contribution in [3.05, 3.63) is 28.1 Å². The average Bonchev–Trinajstić information content (AvgIpc) is 2.59. The second kappa shape index (κ2) is 3.50. The first kappa shape index (κ1) is 9.34. The smallest absolute Gasteiger partial charge is 0.0721 e. The third-order valence-electron chi connectivity index (χ3n) is 1.91. The molecule has 2 aromatic rings. The van der Waals surface area contributed by atoms with Crippen molar-refractivity contribution in [2.45, 2.75) is 11.5 Å². The van der Waals surface area contributed by atoms with Gasteiger partial charge >= 0.3 is 0 Å². The number of benzene rings is 1. The van der Waals surface area contributed by atoms with Gasteiger partial charge in [0.1, 0.15) is 0 Å². The van der Waals surface area contributed by atoms with Gasteiger partial charge in [-0.1, -0.05) is 11.6 Å². The molecule has 0 saturated heterocycles. The number of aliphatic hydroxyl groups excluding tert-OH is 1. The topological polar surface area (TPSA) is 20.2 Å². The number of thiol groups is 1. The molecule has 0 aliphatic rings. The van der Waals surface area contributed by atoms with Crippen LogP contribution in [0.1, 0.15) is 5.56 Å². The van der Waals surface area contributed by atoms with E-state index in [0.717, 1.165) is 15.6 Å². The Labute approximate surface area is 90.4 Å². The molecule has 0 bridgehead atoms. The van der Waals surface area contributed by atoms with Crippen molar-refractivity contribution in [2.75, 3.05) is 0 Å². The maximum Gasteiger partial charge on any atom is 0.0721 e. The maximum absolute atomic E-state index is 9.04. The molecule has 4 heteroatoms. The number of halogens is 1. The minimum atomic E-state index is -0.0235. The highest BCUT2D eigenvalue weighted by atomic mass is 35.5. The Morgan fingerprint density at radius 1 is 1.54 bits per heavy atom. The largest absolute Gasteiger partial charge is 0.392 e. The van der Waals surface area contributed by atoms with E-state index in [0.29, 0.717) is 9.92 Å². The lowest BCUT2D eigenvalue weighted by Gasteiger charge is -2.04. The van der Waals surface area contributed by atoms with Gasteiger partial charge < -0.3 is 5.11 Å². The monoisotopic (exact) mass is 230 g/mol. The number of rotatable bonds is 1. The van der Waals surface area contributed by atoms with Crippen molar-refractivity contribution in [1.29, 1.82) is 0 Å². The molecule has 0 fully saturated rings. The summed E-state index contributed by atoms with van der Waals surface area (Å²) in [5.74, 6) is 0. The van der Waals surface area contributed by atoms with Gasteiger partial charge in [-0.05, 0) is 28.5 Å². The fraction of sp³-hybridized carbons (Fsp3) is 0.111. The highest BCUT2D eigenvalue weighted by molar-refractivity contribution is 7.80. The van der Waals surface area contributed by atoms with Crippen LogP contribution in [0.5, 0.6) is 0 Å². The summed E-state index contributed by atoms with van der Waals surface area (Å²) in [4.78, 5) is 0.680. The van der Waals surface area contributed by atoms with Crippen LogP contribution in [0.25, 0.3) is 10.1 Å². The third-order valence-corrected chi connectivity index (χ3v) is 3.99. The molecule has 13 heavy (non-hydrogen) atoms. The van der Waals surface area contributed by atoms with Crippen molar-refractivity contribution in [2.24, 2.45) is 0 Å².